The van der Waals surface area contributed by atoms with Crippen molar-refractivity contribution >= 4 is 5.91 Å². The molecule has 1 rings (SSSR count). The zero-order valence-electron chi connectivity index (χ0n) is 9.93. The van der Waals surface area contributed by atoms with Gasteiger partial charge in [-0.15, -0.1) is 0 Å². The number of unbranched alkanes of at least 4 members (excludes halogenated alkanes) is 1. The number of hydrogen-bond donors (Lipinski definition) is 0. The summed E-state index contributed by atoms with van der Waals surface area (Å²) in [5, 5.41) is 3.52. The van der Waals surface area contributed by atoms with Gasteiger partial charge in [0.2, 0.25) is 5.91 Å². The molecule has 1 amide bonds. The molecule has 0 spiro atoms. The van der Waals surface area contributed by atoms with Gasteiger partial charge >= 0.3 is 0 Å². The Kier molecular flexibility index (Phi) is 5.72. The number of likely N-dealkylation sites (tertiary alicyclic amines) is 1. The van der Waals surface area contributed by atoms with Crippen molar-refractivity contribution in [2.24, 2.45) is 11.0 Å². The predicted octanol–water partition coefficient (Wildman–Crippen LogP) is 2.73. The number of carbonyl (C=O) groups is 1. The molecule has 0 saturated carbocycles. The summed E-state index contributed by atoms with van der Waals surface area (Å²) in [7, 11) is 0. The first-order valence-corrected chi connectivity index (χ1v) is 6.00. The third kappa shape index (κ3) is 4.53. The summed E-state index contributed by atoms with van der Waals surface area (Å²) in [6, 6.07) is 0. The minimum atomic E-state index is 0.196. The number of piperidine rings is 1. The molecule has 1 aliphatic rings. The van der Waals surface area contributed by atoms with Crippen LogP contribution in [-0.2, 0) is 4.79 Å². The van der Waals surface area contributed by atoms with Gasteiger partial charge in [-0.05, 0) is 30.7 Å². The topological polar surface area (TPSA) is 69.1 Å². The van der Waals surface area contributed by atoms with Gasteiger partial charge in [-0.25, -0.2) is 0 Å². The van der Waals surface area contributed by atoms with Gasteiger partial charge in [0.25, 0.3) is 0 Å². The smallest absolute Gasteiger partial charge is 0.219 e. The monoisotopic (exact) mass is 224 g/mol. The van der Waals surface area contributed by atoms with Crippen LogP contribution in [0.3, 0.4) is 0 Å². The van der Waals surface area contributed by atoms with Gasteiger partial charge in [-0.3, -0.25) is 4.79 Å². The van der Waals surface area contributed by atoms with Gasteiger partial charge in [0.1, 0.15) is 0 Å². The maximum Gasteiger partial charge on any atom is 0.219 e. The molecular weight excluding hydrogens is 204 g/mol. The van der Waals surface area contributed by atoms with E-state index in [1.54, 1.807) is 6.92 Å². The Morgan fingerprint density at radius 2 is 2.12 bits per heavy atom. The molecule has 0 aromatic heterocycles. The molecule has 0 bridgehead atoms. The van der Waals surface area contributed by atoms with Gasteiger partial charge in [-0.2, -0.15) is 0 Å². The number of carbonyl (C=O) groups excluding carboxylic acids is 1. The van der Waals surface area contributed by atoms with Crippen LogP contribution in [0, 0.1) is 5.92 Å². The van der Waals surface area contributed by atoms with Gasteiger partial charge in [0, 0.05) is 31.5 Å². The summed E-state index contributed by atoms with van der Waals surface area (Å²) < 4.78 is 0. The molecular formula is C11H20N4O. The second-order valence-electron chi connectivity index (χ2n) is 4.40. The highest BCUT2D eigenvalue weighted by Gasteiger charge is 2.19. The average Bonchev–Trinajstić information content (AvgIpc) is 2.29. The standard InChI is InChI=1S/C11H20N4O/c1-10(16)15-8-5-11(6-9-15)4-2-3-7-13-14-12/h11H,2-9H2,1H3. The molecule has 5 heteroatoms. The molecule has 90 valence electrons. The fourth-order valence-corrected chi connectivity index (χ4v) is 2.20. The molecule has 0 atom stereocenters. The molecule has 0 radical (unpaired) electrons. The zero-order chi connectivity index (χ0) is 11.8. The Morgan fingerprint density at radius 3 is 2.69 bits per heavy atom. The molecule has 1 aliphatic heterocycles. The Labute approximate surface area is 96.4 Å². The van der Waals surface area contributed by atoms with Crippen molar-refractivity contribution in [2.45, 2.75) is 39.0 Å². The molecule has 0 aromatic rings. The quantitative estimate of drug-likeness (QED) is 0.306. The maximum absolute atomic E-state index is 11.1. The molecule has 1 saturated heterocycles. The normalized spacial score (nSPS) is 16.9. The largest absolute Gasteiger partial charge is 0.343 e. The van der Waals surface area contributed by atoms with Crippen LogP contribution in [0.15, 0.2) is 5.11 Å². The second kappa shape index (κ2) is 7.12. The molecule has 0 N–H and O–H groups in total. The van der Waals surface area contributed by atoms with Crippen LogP contribution in [0.5, 0.6) is 0 Å². The molecule has 5 nitrogen and oxygen atoms in total. The summed E-state index contributed by atoms with van der Waals surface area (Å²) in [4.78, 5) is 15.8. The van der Waals surface area contributed by atoms with Crippen molar-refractivity contribution in [3.05, 3.63) is 10.4 Å². The number of hydrogen-bond acceptors (Lipinski definition) is 2. The van der Waals surface area contributed by atoms with E-state index in [1.165, 1.54) is 6.42 Å². The van der Waals surface area contributed by atoms with E-state index < -0.39 is 0 Å². The third-order valence-corrected chi connectivity index (χ3v) is 3.24. The van der Waals surface area contributed by atoms with Crippen LogP contribution >= 0.6 is 0 Å². The number of rotatable bonds is 5. The molecule has 0 unspecified atom stereocenters. The molecule has 16 heavy (non-hydrogen) atoms. The molecule has 1 fully saturated rings. The predicted molar refractivity (Wildman–Crippen MR) is 62.8 cm³/mol. The lowest BCUT2D eigenvalue weighted by Gasteiger charge is -2.31. The van der Waals surface area contributed by atoms with Crippen LogP contribution in [0.25, 0.3) is 10.4 Å². The van der Waals surface area contributed by atoms with E-state index in [-0.39, 0.29) is 5.91 Å². The highest BCUT2D eigenvalue weighted by atomic mass is 16.2. The van der Waals surface area contributed by atoms with Crippen LogP contribution < -0.4 is 0 Å². The zero-order valence-corrected chi connectivity index (χ0v) is 9.93. The van der Waals surface area contributed by atoms with E-state index in [0.29, 0.717) is 6.54 Å². The Balaban J connectivity index is 2.08. The Bertz CT molecular complexity index is 265. The Morgan fingerprint density at radius 1 is 1.44 bits per heavy atom. The lowest BCUT2D eigenvalue weighted by atomic mass is 9.91. The number of nitrogens with zero attached hydrogens (tertiary/aromatic N) is 4. The lowest BCUT2D eigenvalue weighted by Crippen LogP contribution is -2.36. The van der Waals surface area contributed by atoms with E-state index in [1.807, 2.05) is 4.90 Å². The van der Waals surface area contributed by atoms with Crippen molar-refractivity contribution in [3.63, 3.8) is 0 Å². The summed E-state index contributed by atoms with van der Waals surface area (Å²) >= 11 is 0. The van der Waals surface area contributed by atoms with Crippen molar-refractivity contribution in [1.29, 1.82) is 0 Å². The first-order valence-electron chi connectivity index (χ1n) is 6.00. The third-order valence-electron chi connectivity index (χ3n) is 3.24. The SMILES string of the molecule is CC(=O)N1CCC(CCCCN=[N+]=[N-])CC1. The number of amides is 1. The first-order chi connectivity index (χ1) is 7.74. The molecule has 0 aromatic carbocycles. The fourth-order valence-electron chi connectivity index (χ4n) is 2.20. The van der Waals surface area contributed by atoms with Crippen LogP contribution in [-0.4, -0.2) is 30.4 Å². The van der Waals surface area contributed by atoms with Gasteiger partial charge < -0.3 is 4.90 Å². The minimum Gasteiger partial charge on any atom is -0.343 e. The van der Waals surface area contributed by atoms with Crippen molar-refractivity contribution in [3.8, 4) is 0 Å². The maximum atomic E-state index is 11.1. The van der Waals surface area contributed by atoms with E-state index in [0.717, 1.165) is 44.7 Å². The summed E-state index contributed by atoms with van der Waals surface area (Å²) in [6.07, 6.45) is 5.57. The second-order valence-corrected chi connectivity index (χ2v) is 4.40. The molecule has 1 heterocycles. The Hall–Kier alpha value is -1.22. The fraction of sp³-hybridized carbons (Fsp3) is 0.909. The highest BCUT2D eigenvalue weighted by Crippen LogP contribution is 2.22. The number of azide groups is 1. The highest BCUT2D eigenvalue weighted by molar-refractivity contribution is 5.73. The minimum absolute atomic E-state index is 0.196. The summed E-state index contributed by atoms with van der Waals surface area (Å²) in [5.74, 6) is 0.948. The average molecular weight is 224 g/mol. The van der Waals surface area contributed by atoms with E-state index in [2.05, 4.69) is 10.0 Å². The van der Waals surface area contributed by atoms with Crippen LogP contribution in [0.1, 0.15) is 39.0 Å². The summed E-state index contributed by atoms with van der Waals surface area (Å²) in [5.41, 5.74) is 8.12. The van der Waals surface area contributed by atoms with Crippen LogP contribution in [0.4, 0.5) is 0 Å². The van der Waals surface area contributed by atoms with E-state index >= 15 is 0 Å². The van der Waals surface area contributed by atoms with Gasteiger partial charge in [0.05, 0.1) is 0 Å². The summed E-state index contributed by atoms with van der Waals surface area (Å²) in [6.45, 7) is 4.08. The van der Waals surface area contributed by atoms with Gasteiger partial charge in [0.15, 0.2) is 0 Å². The van der Waals surface area contributed by atoms with Crippen molar-refractivity contribution in [2.75, 3.05) is 19.6 Å². The lowest BCUT2D eigenvalue weighted by molar-refractivity contribution is -0.130. The van der Waals surface area contributed by atoms with Gasteiger partial charge in [-0.1, -0.05) is 18.0 Å². The van der Waals surface area contributed by atoms with Crippen LogP contribution in [0.2, 0.25) is 0 Å². The van der Waals surface area contributed by atoms with Crippen molar-refractivity contribution < 1.29 is 4.79 Å². The van der Waals surface area contributed by atoms with E-state index in [9.17, 15) is 4.79 Å². The van der Waals surface area contributed by atoms with Crippen molar-refractivity contribution in [1.82, 2.24) is 4.90 Å². The van der Waals surface area contributed by atoms with E-state index in [4.69, 9.17) is 5.53 Å². The first kappa shape index (κ1) is 12.8. The molecule has 0 aliphatic carbocycles.